The summed E-state index contributed by atoms with van der Waals surface area (Å²) in [5.41, 5.74) is 5.06. The van der Waals surface area contributed by atoms with Crippen LogP contribution in [0.5, 0.6) is 5.75 Å². The Labute approximate surface area is 236 Å². The quantitative estimate of drug-likeness (QED) is 0.585. The maximum Gasteiger partial charge on any atom is 0.298 e. The average Bonchev–Trinajstić information content (AvgIpc) is 3.20. The lowest BCUT2D eigenvalue weighted by molar-refractivity contribution is -0.132. The molecule has 212 valence electrons. The summed E-state index contributed by atoms with van der Waals surface area (Å²) < 4.78 is 12.2. The fourth-order valence-electron chi connectivity index (χ4n) is 6.34. The molecule has 2 atom stereocenters. The maximum atomic E-state index is 12.1. The molecule has 6 rings (SSSR count). The van der Waals surface area contributed by atoms with Gasteiger partial charge in [0.2, 0.25) is 0 Å². The Morgan fingerprint density at radius 3 is 2.73 bits per heavy atom. The van der Waals surface area contributed by atoms with E-state index in [4.69, 9.17) is 19.4 Å². The summed E-state index contributed by atoms with van der Waals surface area (Å²) in [5, 5.41) is 3.62. The van der Waals surface area contributed by atoms with E-state index in [1.54, 1.807) is 6.92 Å². The number of aryl methyl sites for hydroxylation is 1. The van der Waals surface area contributed by atoms with Gasteiger partial charge in [-0.3, -0.25) is 19.6 Å². The molecule has 4 aliphatic heterocycles. The van der Waals surface area contributed by atoms with E-state index in [2.05, 4.69) is 58.0 Å². The Balaban J connectivity index is 1.21. The Kier molecular flexibility index (Phi) is 7.53. The minimum Gasteiger partial charge on any atom is -0.482 e. The van der Waals surface area contributed by atoms with E-state index in [1.165, 1.54) is 0 Å². The van der Waals surface area contributed by atoms with Crippen LogP contribution in [0, 0.1) is 18.8 Å². The van der Waals surface area contributed by atoms with E-state index in [9.17, 15) is 4.79 Å². The van der Waals surface area contributed by atoms with E-state index in [0.29, 0.717) is 6.04 Å². The number of carbonyl (C=O) groups is 1. The van der Waals surface area contributed by atoms with Gasteiger partial charge in [0.05, 0.1) is 41.9 Å². The molecule has 3 saturated heterocycles. The highest BCUT2D eigenvalue weighted by Crippen LogP contribution is 2.44. The van der Waals surface area contributed by atoms with Crippen LogP contribution in [0.25, 0.3) is 0 Å². The van der Waals surface area contributed by atoms with Crippen molar-refractivity contribution in [3.8, 4) is 17.6 Å². The van der Waals surface area contributed by atoms with Crippen LogP contribution in [0.3, 0.4) is 0 Å². The Morgan fingerprint density at radius 2 is 1.95 bits per heavy atom. The normalized spacial score (nSPS) is 23.8. The fourth-order valence-corrected chi connectivity index (χ4v) is 6.34. The first-order valence-corrected chi connectivity index (χ1v) is 14.4. The van der Waals surface area contributed by atoms with Crippen LogP contribution in [0.15, 0.2) is 18.3 Å². The molecule has 1 amide bonds. The molecule has 10 nitrogen and oxygen atoms in total. The number of likely N-dealkylation sites (N-methyl/N-ethyl adjacent to an activating group) is 1. The molecular weight excluding hydrogens is 506 g/mol. The van der Waals surface area contributed by atoms with Crippen molar-refractivity contribution in [2.24, 2.45) is 0 Å². The number of ether oxygens (including phenoxy) is 2. The number of amides is 1. The lowest BCUT2D eigenvalue weighted by Crippen LogP contribution is -2.61. The van der Waals surface area contributed by atoms with E-state index in [0.717, 1.165) is 105 Å². The first-order valence-electron chi connectivity index (χ1n) is 14.4. The molecule has 0 bridgehead atoms. The zero-order valence-corrected chi connectivity index (χ0v) is 23.9. The summed E-state index contributed by atoms with van der Waals surface area (Å²) in [6, 6.07) is 4.82. The highest BCUT2D eigenvalue weighted by molar-refractivity contribution is 5.94. The lowest BCUT2D eigenvalue weighted by Gasteiger charge is -2.44. The third kappa shape index (κ3) is 5.09. The SMILES string of the molecule is CC#CC(=O)N1CC(N2CC[C@H](c3cc4c(c(C)n3)O[C@@H](C)c3c(N5CCOCC5)ccnc3N4)N(C)CC2)C1. The van der Waals surface area contributed by atoms with Crippen molar-refractivity contribution < 1.29 is 14.3 Å². The number of pyridine rings is 2. The summed E-state index contributed by atoms with van der Waals surface area (Å²) in [5.74, 6) is 6.93. The van der Waals surface area contributed by atoms with Crippen molar-refractivity contribution >= 4 is 23.1 Å². The van der Waals surface area contributed by atoms with Gasteiger partial charge < -0.3 is 24.6 Å². The van der Waals surface area contributed by atoms with Crippen LogP contribution in [0.1, 0.15) is 49.4 Å². The molecule has 10 heteroatoms. The predicted octanol–water partition coefficient (Wildman–Crippen LogP) is 2.73. The molecule has 40 heavy (non-hydrogen) atoms. The molecule has 0 spiro atoms. The fraction of sp³-hybridized carbons (Fsp3) is 0.567. The van der Waals surface area contributed by atoms with Crippen molar-refractivity contribution in [2.75, 3.05) is 76.3 Å². The smallest absolute Gasteiger partial charge is 0.298 e. The van der Waals surface area contributed by atoms with Crippen molar-refractivity contribution in [1.82, 2.24) is 24.7 Å². The van der Waals surface area contributed by atoms with Gasteiger partial charge in [0.25, 0.3) is 5.91 Å². The Bertz CT molecular complexity index is 1330. The monoisotopic (exact) mass is 545 g/mol. The number of anilines is 3. The molecule has 2 aromatic heterocycles. The molecule has 4 aliphatic rings. The summed E-state index contributed by atoms with van der Waals surface area (Å²) in [4.78, 5) is 31.0. The summed E-state index contributed by atoms with van der Waals surface area (Å²) in [7, 11) is 2.18. The van der Waals surface area contributed by atoms with Gasteiger partial charge in [0.15, 0.2) is 5.75 Å². The Hall–Kier alpha value is -3.39. The standard InChI is InChI=1S/C30H39N7O3/c1-5-6-27(38)37-18-22(19-37)35-10-8-25(34(4)11-12-35)23-17-24-29(20(2)32-23)40-21(3)28-26(7-9-31-30(28)33-24)36-13-15-39-16-14-36/h7,9,17,21-22,25H,8,10-16,18-19H2,1-4H3,(H,31,33)/t21-,25+/m0/s1. The van der Waals surface area contributed by atoms with E-state index in [1.807, 2.05) is 18.0 Å². The third-order valence-electron chi connectivity index (χ3n) is 8.64. The number of aromatic nitrogens is 2. The van der Waals surface area contributed by atoms with Crippen LogP contribution in [-0.2, 0) is 9.53 Å². The number of fused-ring (bicyclic) bond motifs is 2. The summed E-state index contributed by atoms with van der Waals surface area (Å²) in [6.45, 7) is 13.4. The highest BCUT2D eigenvalue weighted by atomic mass is 16.5. The van der Waals surface area contributed by atoms with E-state index < -0.39 is 0 Å². The molecule has 0 aromatic carbocycles. The molecule has 6 heterocycles. The van der Waals surface area contributed by atoms with Crippen LogP contribution < -0.4 is 15.0 Å². The van der Waals surface area contributed by atoms with E-state index in [-0.39, 0.29) is 18.1 Å². The average molecular weight is 546 g/mol. The highest BCUT2D eigenvalue weighted by Gasteiger charge is 2.37. The van der Waals surface area contributed by atoms with Crippen LogP contribution in [-0.4, -0.2) is 103 Å². The predicted molar refractivity (Wildman–Crippen MR) is 154 cm³/mol. The van der Waals surface area contributed by atoms with Crippen molar-refractivity contribution in [3.63, 3.8) is 0 Å². The van der Waals surface area contributed by atoms with Crippen LogP contribution in [0.4, 0.5) is 17.2 Å². The molecular formula is C30H39N7O3. The number of nitrogens with zero attached hydrogens (tertiary/aromatic N) is 6. The second-order valence-corrected chi connectivity index (χ2v) is 11.1. The zero-order chi connectivity index (χ0) is 27.8. The number of likely N-dealkylation sites (tertiary alicyclic amines) is 1. The van der Waals surface area contributed by atoms with Crippen molar-refractivity contribution in [1.29, 1.82) is 0 Å². The van der Waals surface area contributed by atoms with Crippen molar-refractivity contribution in [3.05, 3.63) is 35.3 Å². The maximum absolute atomic E-state index is 12.1. The molecule has 1 N–H and O–H groups in total. The number of morpholine rings is 1. The topological polar surface area (TPSA) is 86.3 Å². The summed E-state index contributed by atoms with van der Waals surface area (Å²) in [6.07, 6.45) is 2.67. The molecule has 0 saturated carbocycles. The number of nitrogens with one attached hydrogen (secondary N) is 1. The number of hydrogen-bond acceptors (Lipinski definition) is 9. The van der Waals surface area contributed by atoms with Gasteiger partial charge in [0.1, 0.15) is 11.9 Å². The second-order valence-electron chi connectivity index (χ2n) is 11.1. The third-order valence-corrected chi connectivity index (χ3v) is 8.64. The van der Waals surface area contributed by atoms with E-state index >= 15 is 0 Å². The minimum atomic E-state index is -0.173. The van der Waals surface area contributed by atoms with Crippen LogP contribution >= 0.6 is 0 Å². The lowest BCUT2D eigenvalue weighted by atomic mass is 10.0. The second kappa shape index (κ2) is 11.2. The van der Waals surface area contributed by atoms with Gasteiger partial charge in [-0.1, -0.05) is 5.92 Å². The molecule has 0 aliphatic carbocycles. The number of rotatable bonds is 3. The zero-order valence-electron chi connectivity index (χ0n) is 23.9. The molecule has 3 fully saturated rings. The Morgan fingerprint density at radius 1 is 1.15 bits per heavy atom. The molecule has 0 radical (unpaired) electrons. The first-order chi connectivity index (χ1) is 19.4. The van der Waals surface area contributed by atoms with Gasteiger partial charge in [-0.25, -0.2) is 4.98 Å². The van der Waals surface area contributed by atoms with Gasteiger partial charge in [0, 0.05) is 63.7 Å². The van der Waals surface area contributed by atoms with Crippen molar-refractivity contribution in [2.45, 2.75) is 45.4 Å². The van der Waals surface area contributed by atoms with Gasteiger partial charge in [-0.15, -0.1) is 0 Å². The number of hydrogen-bond donors (Lipinski definition) is 1. The number of carbonyl (C=O) groups excluding carboxylic acids is 1. The van der Waals surface area contributed by atoms with Crippen LogP contribution in [0.2, 0.25) is 0 Å². The van der Waals surface area contributed by atoms with Gasteiger partial charge >= 0.3 is 0 Å². The largest absolute Gasteiger partial charge is 0.482 e. The molecule has 2 aromatic rings. The van der Waals surface area contributed by atoms with Gasteiger partial charge in [-0.05, 0) is 52.3 Å². The molecule has 0 unspecified atom stereocenters. The van der Waals surface area contributed by atoms with Gasteiger partial charge in [-0.2, -0.15) is 0 Å². The summed E-state index contributed by atoms with van der Waals surface area (Å²) >= 11 is 0. The first kappa shape index (κ1) is 26.8. The minimum absolute atomic E-state index is 0.0645.